The van der Waals surface area contributed by atoms with E-state index in [9.17, 15) is 24.8 Å². The van der Waals surface area contributed by atoms with Gasteiger partial charge in [-0.05, 0) is 30.0 Å². The van der Waals surface area contributed by atoms with Crippen LogP contribution < -0.4 is 5.32 Å². The Labute approximate surface area is 144 Å². The zero-order valence-electron chi connectivity index (χ0n) is 13.9. The molecule has 7 heteroatoms. The van der Waals surface area contributed by atoms with Crippen molar-refractivity contribution in [2.45, 2.75) is 26.7 Å². The Hall–Kier alpha value is -3.22. The quantitative estimate of drug-likeness (QED) is 0.615. The van der Waals surface area contributed by atoms with E-state index in [1.807, 2.05) is 32.0 Å². The molecule has 0 fully saturated rings. The van der Waals surface area contributed by atoms with Crippen molar-refractivity contribution in [1.29, 1.82) is 0 Å². The summed E-state index contributed by atoms with van der Waals surface area (Å²) in [6.07, 6.45) is 1.32. The summed E-state index contributed by atoms with van der Waals surface area (Å²) in [5.74, 6) is -2.20. The summed E-state index contributed by atoms with van der Waals surface area (Å²) in [6, 6.07) is 9.12. The topological polar surface area (TPSA) is 110 Å². The van der Waals surface area contributed by atoms with Gasteiger partial charge in [-0.1, -0.05) is 38.1 Å². The number of nitro groups is 1. The van der Waals surface area contributed by atoms with E-state index in [0.717, 1.165) is 17.2 Å². The minimum atomic E-state index is -1.40. The summed E-state index contributed by atoms with van der Waals surface area (Å²) >= 11 is 0. The predicted octanol–water partition coefficient (Wildman–Crippen LogP) is 3.67. The third-order valence-electron chi connectivity index (χ3n) is 3.93. The second kappa shape index (κ2) is 7.57. The summed E-state index contributed by atoms with van der Waals surface area (Å²) in [4.78, 5) is 34.6. The van der Waals surface area contributed by atoms with Crippen LogP contribution in [-0.2, 0) is 12.8 Å². The van der Waals surface area contributed by atoms with Crippen molar-refractivity contribution in [3.8, 4) is 0 Å². The van der Waals surface area contributed by atoms with Crippen molar-refractivity contribution in [3.05, 3.63) is 68.8 Å². The molecule has 1 amide bonds. The molecule has 0 aromatic heterocycles. The fourth-order valence-electron chi connectivity index (χ4n) is 2.69. The van der Waals surface area contributed by atoms with Gasteiger partial charge in [0.2, 0.25) is 0 Å². The lowest BCUT2D eigenvalue weighted by molar-refractivity contribution is -0.385. The lowest BCUT2D eigenvalue weighted by Gasteiger charge is -2.15. The number of hydrogen-bond donors (Lipinski definition) is 2. The van der Waals surface area contributed by atoms with Gasteiger partial charge in [-0.3, -0.25) is 14.9 Å². The lowest BCUT2D eigenvalue weighted by Crippen LogP contribution is -2.20. The Morgan fingerprint density at radius 2 is 1.64 bits per heavy atom. The summed E-state index contributed by atoms with van der Waals surface area (Å²) < 4.78 is 0. The molecular formula is C18H18N2O5. The summed E-state index contributed by atoms with van der Waals surface area (Å²) in [5, 5.41) is 23.2. The minimum Gasteiger partial charge on any atom is -0.478 e. The van der Waals surface area contributed by atoms with Gasteiger partial charge in [-0.2, -0.15) is 0 Å². The number of carbonyl (C=O) groups excluding carboxylic acids is 1. The lowest BCUT2D eigenvalue weighted by atomic mass is 10.0. The SMILES string of the molecule is CCc1cccc(CC)c1NC(=O)c1c(C(=O)O)cccc1[N+](=O)[O-]. The Kier molecular flexibility index (Phi) is 5.49. The highest BCUT2D eigenvalue weighted by molar-refractivity contribution is 6.13. The summed E-state index contributed by atoms with van der Waals surface area (Å²) in [7, 11) is 0. The number of nitrogens with one attached hydrogen (secondary N) is 1. The molecule has 7 nitrogen and oxygen atoms in total. The number of aromatic carboxylic acids is 1. The van der Waals surface area contributed by atoms with Crippen LogP contribution in [0.3, 0.4) is 0 Å². The molecule has 2 rings (SSSR count). The highest BCUT2D eigenvalue weighted by atomic mass is 16.6. The molecule has 2 N–H and O–H groups in total. The highest BCUT2D eigenvalue weighted by Crippen LogP contribution is 2.27. The van der Waals surface area contributed by atoms with E-state index in [2.05, 4.69) is 5.32 Å². The zero-order valence-corrected chi connectivity index (χ0v) is 13.9. The predicted molar refractivity (Wildman–Crippen MR) is 93.2 cm³/mol. The highest BCUT2D eigenvalue weighted by Gasteiger charge is 2.27. The molecule has 0 unspecified atom stereocenters. The Morgan fingerprint density at radius 1 is 1.08 bits per heavy atom. The Morgan fingerprint density at radius 3 is 2.12 bits per heavy atom. The monoisotopic (exact) mass is 342 g/mol. The maximum absolute atomic E-state index is 12.7. The van der Waals surface area contributed by atoms with Crippen LogP contribution in [0.1, 0.15) is 45.7 Å². The van der Waals surface area contributed by atoms with Gasteiger partial charge in [0.15, 0.2) is 0 Å². The van der Waals surface area contributed by atoms with Gasteiger partial charge < -0.3 is 10.4 Å². The number of benzene rings is 2. The van der Waals surface area contributed by atoms with Crippen LogP contribution in [0.4, 0.5) is 11.4 Å². The van der Waals surface area contributed by atoms with E-state index in [0.29, 0.717) is 18.5 Å². The molecule has 0 saturated carbocycles. The first-order valence-corrected chi connectivity index (χ1v) is 7.83. The van der Waals surface area contributed by atoms with E-state index in [4.69, 9.17) is 0 Å². The second-order valence-electron chi connectivity index (χ2n) is 5.37. The zero-order chi connectivity index (χ0) is 18.6. The number of amides is 1. The summed E-state index contributed by atoms with van der Waals surface area (Å²) in [5.41, 5.74) is 0.939. The van der Waals surface area contributed by atoms with Gasteiger partial charge in [0.1, 0.15) is 5.56 Å². The number of rotatable bonds is 6. The number of nitrogens with zero attached hydrogens (tertiary/aromatic N) is 1. The number of aryl methyl sites for hydroxylation is 2. The molecule has 130 valence electrons. The molecule has 0 spiro atoms. The molecule has 0 atom stereocenters. The van der Waals surface area contributed by atoms with Gasteiger partial charge >= 0.3 is 5.97 Å². The number of para-hydroxylation sites is 1. The molecule has 0 radical (unpaired) electrons. The molecule has 0 aliphatic carbocycles. The van der Waals surface area contributed by atoms with Gasteiger partial charge in [0, 0.05) is 11.8 Å². The standard InChI is InChI=1S/C18H18N2O5/c1-3-11-7-5-8-12(4-2)16(11)19-17(21)15-13(18(22)23)9-6-10-14(15)20(24)25/h5-10H,3-4H2,1-2H3,(H,19,21)(H,22,23). The molecule has 0 saturated heterocycles. The van der Waals surface area contributed by atoms with Crippen LogP contribution in [-0.4, -0.2) is 21.9 Å². The van der Waals surface area contributed by atoms with Crippen molar-refractivity contribution in [3.63, 3.8) is 0 Å². The number of hydrogen-bond acceptors (Lipinski definition) is 4. The van der Waals surface area contributed by atoms with Crippen LogP contribution >= 0.6 is 0 Å². The van der Waals surface area contributed by atoms with Crippen LogP contribution in [0.5, 0.6) is 0 Å². The maximum atomic E-state index is 12.7. The number of carboxylic acid groups (broad SMARTS) is 1. The molecule has 2 aromatic carbocycles. The van der Waals surface area contributed by atoms with E-state index >= 15 is 0 Å². The normalized spacial score (nSPS) is 10.3. The molecule has 25 heavy (non-hydrogen) atoms. The molecule has 0 aliphatic rings. The molecule has 0 aliphatic heterocycles. The molecule has 0 heterocycles. The van der Waals surface area contributed by atoms with Gasteiger partial charge in [0.25, 0.3) is 11.6 Å². The van der Waals surface area contributed by atoms with Crippen molar-refractivity contribution in [2.75, 3.05) is 5.32 Å². The van der Waals surface area contributed by atoms with Crippen molar-refractivity contribution in [2.24, 2.45) is 0 Å². The van der Waals surface area contributed by atoms with Crippen molar-refractivity contribution >= 4 is 23.3 Å². The van der Waals surface area contributed by atoms with Gasteiger partial charge in [0.05, 0.1) is 10.5 Å². The van der Waals surface area contributed by atoms with E-state index in [-0.39, 0.29) is 0 Å². The van der Waals surface area contributed by atoms with Crippen LogP contribution in [0, 0.1) is 10.1 Å². The average Bonchev–Trinajstić information content (AvgIpc) is 2.60. The smallest absolute Gasteiger partial charge is 0.336 e. The van der Waals surface area contributed by atoms with Crippen LogP contribution in [0.15, 0.2) is 36.4 Å². The van der Waals surface area contributed by atoms with E-state index < -0.39 is 33.6 Å². The first-order valence-electron chi connectivity index (χ1n) is 7.83. The van der Waals surface area contributed by atoms with E-state index in [1.165, 1.54) is 12.1 Å². The fraction of sp³-hybridized carbons (Fsp3) is 0.222. The van der Waals surface area contributed by atoms with E-state index in [1.54, 1.807) is 0 Å². The van der Waals surface area contributed by atoms with Gasteiger partial charge in [-0.15, -0.1) is 0 Å². The van der Waals surface area contributed by atoms with Crippen LogP contribution in [0.2, 0.25) is 0 Å². The Bertz CT molecular complexity index is 791. The Balaban J connectivity index is 2.57. The average molecular weight is 342 g/mol. The second-order valence-corrected chi connectivity index (χ2v) is 5.37. The molecular weight excluding hydrogens is 324 g/mol. The third-order valence-corrected chi connectivity index (χ3v) is 3.93. The third kappa shape index (κ3) is 3.65. The largest absolute Gasteiger partial charge is 0.478 e. The number of anilines is 1. The molecule has 2 aromatic rings. The summed E-state index contributed by atoms with van der Waals surface area (Å²) in [6.45, 7) is 3.86. The number of nitro benzene ring substituents is 1. The van der Waals surface area contributed by atoms with Crippen LogP contribution in [0.25, 0.3) is 0 Å². The number of carboxylic acids is 1. The first-order chi connectivity index (χ1) is 11.9. The molecule has 0 bridgehead atoms. The van der Waals surface area contributed by atoms with Crippen molar-refractivity contribution in [1.82, 2.24) is 0 Å². The minimum absolute atomic E-state index is 0.404. The van der Waals surface area contributed by atoms with Crippen molar-refractivity contribution < 1.29 is 19.6 Å². The fourth-order valence-corrected chi connectivity index (χ4v) is 2.69. The first kappa shape index (κ1) is 18.1. The van der Waals surface area contributed by atoms with Gasteiger partial charge in [-0.25, -0.2) is 4.79 Å². The maximum Gasteiger partial charge on any atom is 0.336 e. The number of carbonyl (C=O) groups is 2.